The van der Waals surface area contributed by atoms with Crippen LogP contribution in [0.1, 0.15) is 17.4 Å². The van der Waals surface area contributed by atoms with Crippen LogP contribution in [0.5, 0.6) is 0 Å². The van der Waals surface area contributed by atoms with Crippen molar-refractivity contribution < 1.29 is 4.52 Å². The molecule has 0 aliphatic carbocycles. The number of nitrogens with zero attached hydrogens (tertiary/aromatic N) is 6. The molecule has 0 bridgehead atoms. The van der Waals surface area contributed by atoms with Crippen LogP contribution >= 0.6 is 0 Å². The third-order valence-corrected chi connectivity index (χ3v) is 2.75. The van der Waals surface area contributed by atoms with Crippen LogP contribution in [-0.4, -0.2) is 33.0 Å². The lowest BCUT2D eigenvalue weighted by Gasteiger charge is -2.37. The minimum Gasteiger partial charge on any atom is -0.320 e. The van der Waals surface area contributed by atoms with Gasteiger partial charge in [0.1, 0.15) is 6.07 Å². The van der Waals surface area contributed by atoms with Crippen molar-refractivity contribution in [3.05, 3.63) is 23.8 Å². The number of aromatic nitrogens is 4. The molecule has 3 heterocycles. The Morgan fingerprint density at radius 3 is 2.94 bits per heavy atom. The molecule has 86 valence electrons. The van der Waals surface area contributed by atoms with Crippen molar-refractivity contribution in [2.24, 2.45) is 0 Å². The molecule has 2 aromatic rings. The van der Waals surface area contributed by atoms with Crippen LogP contribution in [0.25, 0.3) is 0 Å². The van der Waals surface area contributed by atoms with Gasteiger partial charge in [-0.2, -0.15) is 15.3 Å². The van der Waals surface area contributed by atoms with Gasteiger partial charge in [0, 0.05) is 19.3 Å². The van der Waals surface area contributed by atoms with Crippen LogP contribution in [0.4, 0.5) is 6.01 Å². The van der Waals surface area contributed by atoms with Crippen LogP contribution in [0.15, 0.2) is 16.9 Å². The Hall–Kier alpha value is -2.36. The van der Waals surface area contributed by atoms with Gasteiger partial charge < -0.3 is 9.42 Å². The summed E-state index contributed by atoms with van der Waals surface area (Å²) in [7, 11) is 0. The molecule has 1 fully saturated rings. The predicted octanol–water partition coefficient (Wildman–Crippen LogP) is 0.507. The van der Waals surface area contributed by atoms with E-state index in [0.29, 0.717) is 17.4 Å². The van der Waals surface area contributed by atoms with Crippen LogP contribution in [-0.2, 0) is 0 Å². The van der Waals surface area contributed by atoms with Gasteiger partial charge >= 0.3 is 6.01 Å². The van der Waals surface area contributed by atoms with Crippen molar-refractivity contribution in [2.75, 3.05) is 18.0 Å². The summed E-state index contributed by atoms with van der Waals surface area (Å²) in [5.41, 5.74) is 0.581. The molecule has 7 heteroatoms. The Morgan fingerprint density at radius 2 is 2.35 bits per heavy atom. The topological polar surface area (TPSA) is 83.8 Å². The highest BCUT2D eigenvalue weighted by atomic mass is 16.5. The number of hydrogen-bond acceptors (Lipinski definition) is 6. The molecule has 0 spiro atoms. The minimum atomic E-state index is 0.268. The number of rotatable bonds is 2. The first-order valence-electron chi connectivity index (χ1n) is 5.26. The summed E-state index contributed by atoms with van der Waals surface area (Å²) in [6.45, 7) is 3.33. The Labute approximate surface area is 97.3 Å². The highest BCUT2D eigenvalue weighted by Gasteiger charge is 2.32. The SMILES string of the molecule is Cc1noc(N2CC(n3cc(C#N)cn3)C2)n1. The molecule has 7 nitrogen and oxygen atoms in total. The molecule has 0 amide bonds. The first-order chi connectivity index (χ1) is 8.26. The highest BCUT2D eigenvalue weighted by molar-refractivity contribution is 5.31. The van der Waals surface area contributed by atoms with E-state index < -0.39 is 0 Å². The smallest absolute Gasteiger partial charge is 0.320 e. The fourth-order valence-corrected chi connectivity index (χ4v) is 1.79. The Bertz CT molecular complexity index is 574. The molecule has 17 heavy (non-hydrogen) atoms. The molecule has 1 aliphatic heterocycles. The fraction of sp³-hybridized carbons (Fsp3) is 0.400. The third kappa shape index (κ3) is 1.63. The molecule has 0 unspecified atom stereocenters. The summed E-state index contributed by atoms with van der Waals surface area (Å²) in [5.74, 6) is 0.634. The van der Waals surface area contributed by atoms with Gasteiger partial charge in [-0.05, 0) is 6.92 Å². The lowest BCUT2D eigenvalue weighted by molar-refractivity contribution is 0.325. The maximum atomic E-state index is 8.71. The maximum absolute atomic E-state index is 8.71. The minimum absolute atomic E-state index is 0.268. The van der Waals surface area contributed by atoms with Crippen molar-refractivity contribution in [3.63, 3.8) is 0 Å². The van der Waals surface area contributed by atoms with E-state index in [-0.39, 0.29) is 6.04 Å². The van der Waals surface area contributed by atoms with Crippen LogP contribution in [0.3, 0.4) is 0 Å². The largest absolute Gasteiger partial charge is 0.324 e. The van der Waals surface area contributed by atoms with E-state index in [1.54, 1.807) is 24.0 Å². The second kappa shape index (κ2) is 3.59. The Balaban J connectivity index is 1.67. The monoisotopic (exact) mass is 230 g/mol. The average Bonchev–Trinajstić information content (AvgIpc) is 2.86. The van der Waals surface area contributed by atoms with E-state index in [0.717, 1.165) is 13.1 Å². The number of aryl methyl sites for hydroxylation is 1. The van der Waals surface area contributed by atoms with E-state index in [4.69, 9.17) is 9.78 Å². The second-order valence-corrected chi connectivity index (χ2v) is 4.00. The van der Waals surface area contributed by atoms with Gasteiger partial charge in [-0.25, -0.2) is 0 Å². The highest BCUT2D eigenvalue weighted by Crippen LogP contribution is 2.25. The van der Waals surface area contributed by atoms with E-state index in [9.17, 15) is 0 Å². The summed E-state index contributed by atoms with van der Waals surface area (Å²) < 4.78 is 6.87. The number of anilines is 1. The zero-order valence-electron chi connectivity index (χ0n) is 9.24. The summed E-state index contributed by atoms with van der Waals surface area (Å²) in [6, 6.07) is 2.87. The molecule has 0 N–H and O–H groups in total. The van der Waals surface area contributed by atoms with Crippen molar-refractivity contribution in [3.8, 4) is 6.07 Å². The summed E-state index contributed by atoms with van der Waals surface area (Å²) in [4.78, 5) is 6.13. The molecular formula is C10H10N6O. The quantitative estimate of drug-likeness (QED) is 0.747. The average molecular weight is 230 g/mol. The molecule has 1 aliphatic rings. The van der Waals surface area contributed by atoms with E-state index in [1.807, 2.05) is 4.90 Å². The van der Waals surface area contributed by atoms with Gasteiger partial charge in [-0.1, -0.05) is 5.16 Å². The molecule has 0 aromatic carbocycles. The first kappa shape index (κ1) is 9.84. The van der Waals surface area contributed by atoms with Crippen molar-refractivity contribution in [1.82, 2.24) is 19.9 Å². The van der Waals surface area contributed by atoms with Gasteiger partial charge in [0.15, 0.2) is 5.82 Å². The van der Waals surface area contributed by atoms with Gasteiger partial charge in [-0.3, -0.25) is 4.68 Å². The second-order valence-electron chi connectivity index (χ2n) is 4.00. The van der Waals surface area contributed by atoms with Gasteiger partial charge in [0.25, 0.3) is 0 Å². The van der Waals surface area contributed by atoms with Crippen molar-refractivity contribution in [1.29, 1.82) is 5.26 Å². The van der Waals surface area contributed by atoms with Gasteiger partial charge in [0.05, 0.1) is 17.8 Å². The first-order valence-corrected chi connectivity index (χ1v) is 5.26. The summed E-state index contributed by atoms with van der Waals surface area (Å²) >= 11 is 0. The van der Waals surface area contributed by atoms with E-state index >= 15 is 0 Å². The predicted molar refractivity (Wildman–Crippen MR) is 57.2 cm³/mol. The van der Waals surface area contributed by atoms with Gasteiger partial charge in [0.2, 0.25) is 0 Å². The maximum Gasteiger partial charge on any atom is 0.324 e. The lowest BCUT2D eigenvalue weighted by atomic mass is 10.1. The molecule has 3 rings (SSSR count). The van der Waals surface area contributed by atoms with Crippen molar-refractivity contribution in [2.45, 2.75) is 13.0 Å². The van der Waals surface area contributed by atoms with E-state index in [2.05, 4.69) is 21.3 Å². The Kier molecular flexibility index (Phi) is 2.08. The molecule has 0 radical (unpaired) electrons. The molecule has 0 atom stereocenters. The lowest BCUT2D eigenvalue weighted by Crippen LogP contribution is -2.48. The normalized spacial score (nSPS) is 15.6. The van der Waals surface area contributed by atoms with Crippen LogP contribution < -0.4 is 4.90 Å². The molecule has 1 saturated heterocycles. The van der Waals surface area contributed by atoms with Gasteiger partial charge in [-0.15, -0.1) is 0 Å². The molecular weight excluding hydrogens is 220 g/mol. The zero-order chi connectivity index (χ0) is 11.8. The number of nitriles is 1. The summed E-state index contributed by atoms with van der Waals surface area (Å²) in [6.07, 6.45) is 3.32. The standard InChI is InChI=1S/C10H10N6O/c1-7-13-10(17-14-7)15-5-9(6-15)16-4-8(2-11)3-12-16/h3-4,9H,5-6H2,1H3. The van der Waals surface area contributed by atoms with Crippen LogP contribution in [0.2, 0.25) is 0 Å². The van der Waals surface area contributed by atoms with Crippen LogP contribution in [0, 0.1) is 18.3 Å². The molecule has 0 saturated carbocycles. The van der Waals surface area contributed by atoms with E-state index in [1.165, 1.54) is 0 Å². The van der Waals surface area contributed by atoms with Crippen molar-refractivity contribution >= 4 is 6.01 Å². The summed E-state index contributed by atoms with van der Waals surface area (Å²) in [5, 5.41) is 16.6. The third-order valence-electron chi connectivity index (χ3n) is 2.75. The number of hydrogen-bond donors (Lipinski definition) is 0. The Morgan fingerprint density at radius 1 is 1.53 bits per heavy atom. The molecule has 2 aromatic heterocycles. The zero-order valence-corrected chi connectivity index (χ0v) is 9.24. The fourth-order valence-electron chi connectivity index (χ4n) is 1.79.